The van der Waals surface area contributed by atoms with Crippen LogP contribution in [0.4, 0.5) is 0 Å². The molecule has 0 amide bonds. The summed E-state index contributed by atoms with van der Waals surface area (Å²) in [5, 5.41) is 9.57. The Bertz CT molecular complexity index is 922. The molecule has 0 atom stereocenters. The van der Waals surface area contributed by atoms with Gasteiger partial charge < -0.3 is 4.74 Å². The number of halogens is 1. The van der Waals surface area contributed by atoms with Gasteiger partial charge in [-0.05, 0) is 65.2 Å². The van der Waals surface area contributed by atoms with Crippen LogP contribution in [0.2, 0.25) is 0 Å². The minimum Gasteiger partial charge on any atom is -0.496 e. The van der Waals surface area contributed by atoms with E-state index < -0.39 is 0 Å². The van der Waals surface area contributed by atoms with Crippen molar-refractivity contribution >= 4 is 21.6 Å². The van der Waals surface area contributed by atoms with Crippen LogP contribution in [0.5, 0.6) is 5.75 Å². The minimum atomic E-state index is 0.531. The second-order valence-electron chi connectivity index (χ2n) is 5.16. The fourth-order valence-corrected chi connectivity index (χ4v) is 3.21. The molecule has 0 fully saturated rings. The van der Waals surface area contributed by atoms with Crippen LogP contribution in [-0.2, 0) is 0 Å². The molecule has 0 aliphatic carbocycles. The summed E-state index contributed by atoms with van der Waals surface area (Å²) in [6.07, 6.45) is 1.92. The summed E-state index contributed by atoms with van der Waals surface area (Å²) in [6.45, 7) is 3.97. The SMILES string of the molecule is COc1ccc(-c2nc3c(Br)cc(C)cn3c2C#N)cc1C. The van der Waals surface area contributed by atoms with Crippen LogP contribution in [0.1, 0.15) is 16.8 Å². The number of aromatic nitrogens is 2. The summed E-state index contributed by atoms with van der Waals surface area (Å²) in [5.41, 5.74) is 4.93. The first-order valence-electron chi connectivity index (χ1n) is 6.78. The Labute approximate surface area is 137 Å². The number of fused-ring (bicyclic) bond motifs is 1. The maximum atomic E-state index is 9.57. The summed E-state index contributed by atoms with van der Waals surface area (Å²) in [7, 11) is 1.65. The molecule has 0 bridgehead atoms. The Morgan fingerprint density at radius 2 is 2.05 bits per heavy atom. The van der Waals surface area contributed by atoms with Gasteiger partial charge in [0.25, 0.3) is 0 Å². The number of hydrogen-bond donors (Lipinski definition) is 0. The van der Waals surface area contributed by atoms with Crippen LogP contribution in [0.25, 0.3) is 16.9 Å². The molecule has 2 heterocycles. The molecule has 0 radical (unpaired) electrons. The summed E-state index contributed by atoms with van der Waals surface area (Å²) in [4.78, 5) is 4.64. The van der Waals surface area contributed by atoms with E-state index in [0.717, 1.165) is 32.6 Å². The largest absolute Gasteiger partial charge is 0.496 e. The molecule has 4 nitrogen and oxygen atoms in total. The molecule has 110 valence electrons. The Kier molecular flexibility index (Phi) is 3.63. The zero-order valence-electron chi connectivity index (χ0n) is 12.5. The summed E-state index contributed by atoms with van der Waals surface area (Å²) in [6, 6.07) is 10.1. The number of methoxy groups -OCH3 is 1. The summed E-state index contributed by atoms with van der Waals surface area (Å²) in [5.74, 6) is 0.822. The van der Waals surface area contributed by atoms with Gasteiger partial charge in [0.1, 0.15) is 17.5 Å². The molecule has 3 rings (SSSR count). The van der Waals surface area contributed by atoms with Crippen molar-refractivity contribution in [3.8, 4) is 23.1 Å². The Balaban J connectivity index is 2.30. The molecule has 2 aromatic heterocycles. The Morgan fingerprint density at radius 3 is 2.68 bits per heavy atom. The van der Waals surface area contributed by atoms with Gasteiger partial charge in [0, 0.05) is 11.8 Å². The average Bonchev–Trinajstić information content (AvgIpc) is 2.85. The van der Waals surface area contributed by atoms with Crippen molar-refractivity contribution in [2.24, 2.45) is 0 Å². The number of imidazole rings is 1. The van der Waals surface area contributed by atoms with Crippen LogP contribution < -0.4 is 4.74 Å². The summed E-state index contributed by atoms with van der Waals surface area (Å²) >= 11 is 3.52. The molecule has 0 saturated heterocycles. The first kappa shape index (κ1) is 14.6. The van der Waals surface area contributed by atoms with Gasteiger partial charge in [0.05, 0.1) is 11.6 Å². The predicted molar refractivity (Wildman–Crippen MR) is 89.1 cm³/mol. The molecule has 5 heteroatoms. The highest BCUT2D eigenvalue weighted by atomic mass is 79.9. The van der Waals surface area contributed by atoms with E-state index in [2.05, 4.69) is 27.0 Å². The molecular weight excluding hydrogens is 342 g/mol. The zero-order chi connectivity index (χ0) is 15.9. The van der Waals surface area contributed by atoms with Crippen molar-refractivity contribution in [1.29, 1.82) is 5.26 Å². The van der Waals surface area contributed by atoms with Crippen molar-refractivity contribution in [2.75, 3.05) is 7.11 Å². The molecule has 0 aliphatic rings. The van der Waals surface area contributed by atoms with Crippen molar-refractivity contribution in [2.45, 2.75) is 13.8 Å². The van der Waals surface area contributed by atoms with Gasteiger partial charge in [-0.2, -0.15) is 5.26 Å². The van der Waals surface area contributed by atoms with Gasteiger partial charge in [0.15, 0.2) is 11.3 Å². The number of benzene rings is 1. The second kappa shape index (κ2) is 5.47. The monoisotopic (exact) mass is 355 g/mol. The third kappa shape index (κ3) is 2.26. The van der Waals surface area contributed by atoms with E-state index in [1.165, 1.54) is 0 Å². The van der Waals surface area contributed by atoms with Gasteiger partial charge >= 0.3 is 0 Å². The highest BCUT2D eigenvalue weighted by Crippen LogP contribution is 2.30. The second-order valence-corrected chi connectivity index (χ2v) is 6.02. The average molecular weight is 356 g/mol. The lowest BCUT2D eigenvalue weighted by Gasteiger charge is -2.06. The number of aryl methyl sites for hydroxylation is 2. The topological polar surface area (TPSA) is 50.3 Å². The van der Waals surface area contributed by atoms with E-state index in [1.54, 1.807) is 7.11 Å². The molecule has 22 heavy (non-hydrogen) atoms. The van der Waals surface area contributed by atoms with E-state index in [-0.39, 0.29) is 0 Å². The Hall–Kier alpha value is -2.32. The lowest BCUT2D eigenvalue weighted by Crippen LogP contribution is -1.92. The first-order valence-corrected chi connectivity index (χ1v) is 7.57. The van der Waals surface area contributed by atoms with Gasteiger partial charge in [0.2, 0.25) is 0 Å². The van der Waals surface area contributed by atoms with Crippen LogP contribution in [0.3, 0.4) is 0 Å². The van der Waals surface area contributed by atoms with Gasteiger partial charge in [-0.1, -0.05) is 0 Å². The molecule has 0 spiro atoms. The molecule has 3 aromatic rings. The van der Waals surface area contributed by atoms with Crippen molar-refractivity contribution in [3.63, 3.8) is 0 Å². The fourth-order valence-electron chi connectivity index (χ4n) is 2.57. The lowest BCUT2D eigenvalue weighted by atomic mass is 10.1. The maximum Gasteiger partial charge on any atom is 0.152 e. The highest BCUT2D eigenvalue weighted by molar-refractivity contribution is 9.10. The van der Waals surface area contributed by atoms with E-state index in [9.17, 15) is 5.26 Å². The van der Waals surface area contributed by atoms with E-state index >= 15 is 0 Å². The molecular formula is C17H14BrN3O. The molecule has 0 N–H and O–H groups in total. The fraction of sp³-hybridized carbons (Fsp3) is 0.176. The van der Waals surface area contributed by atoms with Crippen LogP contribution >= 0.6 is 15.9 Å². The van der Waals surface area contributed by atoms with Gasteiger partial charge in [-0.3, -0.25) is 4.40 Å². The van der Waals surface area contributed by atoms with Crippen LogP contribution in [0.15, 0.2) is 34.9 Å². The third-order valence-electron chi connectivity index (χ3n) is 3.59. The highest BCUT2D eigenvalue weighted by Gasteiger charge is 2.16. The number of nitriles is 1. The van der Waals surface area contributed by atoms with Crippen LogP contribution in [-0.4, -0.2) is 16.5 Å². The van der Waals surface area contributed by atoms with Crippen LogP contribution in [0, 0.1) is 25.2 Å². The summed E-state index contributed by atoms with van der Waals surface area (Å²) < 4.78 is 7.99. The first-order chi connectivity index (χ1) is 10.5. The number of nitrogens with zero attached hydrogens (tertiary/aromatic N) is 3. The molecule has 0 saturated carbocycles. The number of ether oxygens (including phenoxy) is 1. The standard InChI is InChI=1S/C17H14BrN3O/c1-10-6-13(18)17-20-16(14(8-19)21(17)9-10)12-4-5-15(22-3)11(2)7-12/h4-7,9H,1-3H3. The number of hydrogen-bond acceptors (Lipinski definition) is 3. The molecule has 0 aliphatic heterocycles. The number of pyridine rings is 1. The maximum absolute atomic E-state index is 9.57. The van der Waals surface area contributed by atoms with Gasteiger partial charge in [-0.25, -0.2) is 4.98 Å². The normalized spacial score (nSPS) is 10.7. The predicted octanol–water partition coefficient (Wildman–Crippen LogP) is 4.26. The van der Waals surface area contributed by atoms with Crippen molar-refractivity contribution in [3.05, 3.63) is 51.8 Å². The van der Waals surface area contributed by atoms with Crippen molar-refractivity contribution in [1.82, 2.24) is 9.38 Å². The van der Waals surface area contributed by atoms with Gasteiger partial charge in [-0.15, -0.1) is 0 Å². The van der Waals surface area contributed by atoms with E-state index in [1.807, 2.05) is 48.7 Å². The Morgan fingerprint density at radius 1 is 1.27 bits per heavy atom. The third-order valence-corrected chi connectivity index (χ3v) is 4.17. The minimum absolute atomic E-state index is 0.531. The van der Waals surface area contributed by atoms with Crippen molar-refractivity contribution < 1.29 is 4.74 Å². The van der Waals surface area contributed by atoms with E-state index in [4.69, 9.17) is 4.74 Å². The van der Waals surface area contributed by atoms with E-state index in [0.29, 0.717) is 11.4 Å². The quantitative estimate of drug-likeness (QED) is 0.689. The lowest BCUT2D eigenvalue weighted by molar-refractivity contribution is 0.412. The molecule has 1 aromatic carbocycles. The smallest absolute Gasteiger partial charge is 0.152 e. The zero-order valence-corrected chi connectivity index (χ0v) is 14.1. The molecule has 0 unspecified atom stereocenters. The number of rotatable bonds is 2.